The number of rotatable bonds is 7. The van der Waals surface area contributed by atoms with Crippen LogP contribution in [-0.4, -0.2) is 64.6 Å². The summed E-state index contributed by atoms with van der Waals surface area (Å²) < 4.78 is 10.6. The Hall–Kier alpha value is -0.160. The summed E-state index contributed by atoms with van der Waals surface area (Å²) in [7, 11) is 1.80. The largest absolute Gasteiger partial charge is 0.384 e. The first-order valence-electron chi connectivity index (χ1n) is 6.88. The molecule has 0 saturated carbocycles. The van der Waals surface area contributed by atoms with Gasteiger partial charge in [-0.2, -0.15) is 0 Å². The van der Waals surface area contributed by atoms with Crippen molar-refractivity contribution in [2.45, 2.75) is 12.8 Å². The maximum Gasteiger partial charge on any atom is 0.0507 e. The minimum absolute atomic E-state index is 0.745. The summed E-state index contributed by atoms with van der Waals surface area (Å²) in [5.74, 6) is 1.50. The van der Waals surface area contributed by atoms with E-state index in [2.05, 4.69) is 10.2 Å². The van der Waals surface area contributed by atoms with E-state index in [1.54, 1.807) is 7.11 Å². The molecule has 4 nitrogen and oxygen atoms in total. The summed E-state index contributed by atoms with van der Waals surface area (Å²) in [5.41, 5.74) is 0. The van der Waals surface area contributed by atoms with Gasteiger partial charge in [0.05, 0.1) is 13.2 Å². The summed E-state index contributed by atoms with van der Waals surface area (Å²) in [6.07, 6.45) is 2.52. The van der Waals surface area contributed by atoms with Gasteiger partial charge < -0.3 is 19.7 Å². The number of methoxy groups -OCH3 is 1. The van der Waals surface area contributed by atoms with Gasteiger partial charge >= 0.3 is 0 Å². The number of nitrogens with one attached hydrogen (secondary N) is 1. The molecular weight excluding hydrogens is 216 g/mol. The molecule has 0 spiro atoms. The van der Waals surface area contributed by atoms with Crippen molar-refractivity contribution in [3.05, 3.63) is 0 Å². The molecule has 0 radical (unpaired) electrons. The van der Waals surface area contributed by atoms with Crippen molar-refractivity contribution >= 4 is 0 Å². The molecule has 2 aliphatic rings. The average molecular weight is 242 g/mol. The van der Waals surface area contributed by atoms with Gasteiger partial charge in [0.25, 0.3) is 0 Å². The summed E-state index contributed by atoms with van der Waals surface area (Å²) in [6, 6.07) is 0. The van der Waals surface area contributed by atoms with Gasteiger partial charge in [-0.05, 0) is 31.2 Å². The zero-order valence-electron chi connectivity index (χ0n) is 11.0. The number of ether oxygens (including phenoxy) is 2. The quantitative estimate of drug-likeness (QED) is 0.662. The second kappa shape index (κ2) is 7.31. The van der Waals surface area contributed by atoms with Crippen molar-refractivity contribution < 1.29 is 9.47 Å². The van der Waals surface area contributed by atoms with E-state index in [0.29, 0.717) is 0 Å². The Kier molecular flexibility index (Phi) is 5.71. The molecule has 0 aromatic heterocycles. The number of hydrogen-bond acceptors (Lipinski definition) is 4. The zero-order chi connectivity index (χ0) is 11.9. The van der Waals surface area contributed by atoms with Gasteiger partial charge in [-0.1, -0.05) is 0 Å². The first kappa shape index (κ1) is 13.3. The number of nitrogens with zero attached hydrogens (tertiary/aromatic N) is 1. The lowest BCUT2D eigenvalue weighted by Gasteiger charge is -2.17. The Morgan fingerprint density at radius 3 is 3.06 bits per heavy atom. The number of hydrogen-bond donors (Lipinski definition) is 1. The van der Waals surface area contributed by atoms with E-state index in [4.69, 9.17) is 9.47 Å². The molecule has 2 aliphatic heterocycles. The lowest BCUT2D eigenvalue weighted by atomic mass is 10.1. The highest BCUT2D eigenvalue weighted by Gasteiger charge is 2.21. The van der Waals surface area contributed by atoms with Crippen LogP contribution in [0.15, 0.2) is 0 Å². The lowest BCUT2D eigenvalue weighted by molar-refractivity contribution is 0.153. The van der Waals surface area contributed by atoms with Crippen LogP contribution in [0.1, 0.15) is 12.8 Å². The normalized spacial score (nSPS) is 30.2. The third-order valence-corrected chi connectivity index (χ3v) is 3.83. The van der Waals surface area contributed by atoms with Crippen LogP contribution in [-0.2, 0) is 9.47 Å². The monoisotopic (exact) mass is 242 g/mol. The SMILES string of the molecule is COCC1CCN(CCNCC2CCOC2)C1. The van der Waals surface area contributed by atoms with E-state index >= 15 is 0 Å². The van der Waals surface area contributed by atoms with Crippen molar-refractivity contribution in [2.24, 2.45) is 11.8 Å². The highest BCUT2D eigenvalue weighted by atomic mass is 16.5. The molecule has 2 atom stereocenters. The van der Waals surface area contributed by atoms with Gasteiger partial charge in [0, 0.05) is 39.9 Å². The van der Waals surface area contributed by atoms with Crippen LogP contribution in [0.5, 0.6) is 0 Å². The van der Waals surface area contributed by atoms with E-state index < -0.39 is 0 Å². The van der Waals surface area contributed by atoms with Crippen LogP contribution in [0.2, 0.25) is 0 Å². The molecule has 2 heterocycles. The van der Waals surface area contributed by atoms with Crippen molar-refractivity contribution in [3.8, 4) is 0 Å². The highest BCUT2D eigenvalue weighted by molar-refractivity contribution is 4.76. The number of likely N-dealkylation sites (tertiary alicyclic amines) is 1. The summed E-state index contributed by atoms with van der Waals surface area (Å²) in [6.45, 7) is 8.68. The summed E-state index contributed by atoms with van der Waals surface area (Å²) in [5, 5.41) is 3.55. The molecule has 17 heavy (non-hydrogen) atoms. The molecule has 1 N–H and O–H groups in total. The maximum atomic E-state index is 5.36. The molecule has 2 saturated heterocycles. The molecule has 2 unspecified atom stereocenters. The Morgan fingerprint density at radius 2 is 2.29 bits per heavy atom. The molecule has 0 aromatic rings. The highest BCUT2D eigenvalue weighted by Crippen LogP contribution is 2.15. The van der Waals surface area contributed by atoms with E-state index in [9.17, 15) is 0 Å². The average Bonchev–Trinajstić information content (AvgIpc) is 2.96. The van der Waals surface area contributed by atoms with E-state index in [1.807, 2.05) is 0 Å². The molecule has 0 aromatic carbocycles. The smallest absolute Gasteiger partial charge is 0.0507 e. The van der Waals surface area contributed by atoms with E-state index in [0.717, 1.165) is 44.7 Å². The molecule has 4 heteroatoms. The van der Waals surface area contributed by atoms with Crippen LogP contribution < -0.4 is 5.32 Å². The minimum atomic E-state index is 0.745. The Bertz CT molecular complexity index is 208. The van der Waals surface area contributed by atoms with Crippen molar-refractivity contribution in [1.82, 2.24) is 10.2 Å². The lowest BCUT2D eigenvalue weighted by Crippen LogP contribution is -2.33. The summed E-state index contributed by atoms with van der Waals surface area (Å²) in [4.78, 5) is 2.54. The van der Waals surface area contributed by atoms with Gasteiger partial charge in [0.1, 0.15) is 0 Å². The minimum Gasteiger partial charge on any atom is -0.384 e. The Morgan fingerprint density at radius 1 is 1.35 bits per heavy atom. The first-order chi connectivity index (χ1) is 8.38. The molecule has 2 fully saturated rings. The summed E-state index contributed by atoms with van der Waals surface area (Å²) >= 11 is 0. The van der Waals surface area contributed by atoms with E-state index in [1.165, 1.54) is 32.5 Å². The Balaban J connectivity index is 1.48. The second-order valence-electron chi connectivity index (χ2n) is 5.34. The fraction of sp³-hybridized carbons (Fsp3) is 1.00. The fourth-order valence-corrected chi connectivity index (χ4v) is 2.78. The molecule has 100 valence electrons. The van der Waals surface area contributed by atoms with Gasteiger partial charge in [0.15, 0.2) is 0 Å². The van der Waals surface area contributed by atoms with E-state index in [-0.39, 0.29) is 0 Å². The van der Waals surface area contributed by atoms with Crippen LogP contribution in [0.25, 0.3) is 0 Å². The molecule has 0 bridgehead atoms. The fourth-order valence-electron chi connectivity index (χ4n) is 2.78. The molecule has 0 amide bonds. The molecule has 0 aliphatic carbocycles. The van der Waals surface area contributed by atoms with Crippen LogP contribution in [0.4, 0.5) is 0 Å². The van der Waals surface area contributed by atoms with Gasteiger partial charge in [0.2, 0.25) is 0 Å². The van der Waals surface area contributed by atoms with Gasteiger partial charge in [-0.25, -0.2) is 0 Å². The predicted octanol–water partition coefficient (Wildman–Crippen LogP) is 0.581. The van der Waals surface area contributed by atoms with Crippen LogP contribution in [0.3, 0.4) is 0 Å². The third-order valence-electron chi connectivity index (χ3n) is 3.83. The molecular formula is C13H26N2O2. The van der Waals surface area contributed by atoms with Crippen molar-refractivity contribution in [1.29, 1.82) is 0 Å². The second-order valence-corrected chi connectivity index (χ2v) is 5.34. The first-order valence-corrected chi connectivity index (χ1v) is 6.88. The third kappa shape index (κ3) is 4.54. The van der Waals surface area contributed by atoms with Crippen molar-refractivity contribution in [3.63, 3.8) is 0 Å². The maximum absolute atomic E-state index is 5.36. The van der Waals surface area contributed by atoms with Gasteiger partial charge in [-0.3, -0.25) is 0 Å². The Labute approximate surface area is 105 Å². The van der Waals surface area contributed by atoms with Crippen LogP contribution in [0, 0.1) is 11.8 Å². The van der Waals surface area contributed by atoms with Crippen LogP contribution >= 0.6 is 0 Å². The molecule has 2 rings (SSSR count). The topological polar surface area (TPSA) is 33.7 Å². The van der Waals surface area contributed by atoms with Crippen molar-refractivity contribution in [2.75, 3.05) is 59.7 Å². The zero-order valence-corrected chi connectivity index (χ0v) is 11.0. The predicted molar refractivity (Wildman–Crippen MR) is 68.2 cm³/mol. The standard InChI is InChI=1S/C13H26N2O2/c1-16-10-13-2-5-15(9-13)6-4-14-8-12-3-7-17-11-12/h12-14H,2-11H2,1H3. The van der Waals surface area contributed by atoms with Gasteiger partial charge in [-0.15, -0.1) is 0 Å².